The molecule has 2 aromatic heterocycles. The van der Waals surface area contributed by atoms with Crippen molar-refractivity contribution in [1.82, 2.24) is 19.7 Å². The van der Waals surface area contributed by atoms with Gasteiger partial charge in [0.25, 0.3) is 0 Å². The minimum atomic E-state index is -3.49. The minimum Gasteiger partial charge on any atom is -0.396 e. The van der Waals surface area contributed by atoms with Gasteiger partial charge in [-0.25, -0.2) is 13.1 Å². The number of aromatic nitrogens is 3. The molecule has 0 amide bonds. The number of sulfonamides is 1. The van der Waals surface area contributed by atoms with E-state index in [2.05, 4.69) is 15.0 Å². The van der Waals surface area contributed by atoms with Gasteiger partial charge in [0.05, 0.1) is 12.7 Å². The van der Waals surface area contributed by atoms with Crippen LogP contribution in [0.25, 0.3) is 0 Å². The SMILES string of the molecule is O=S(=O)(NCCn1ccnn1)c1ccc(CCO)s1. The summed E-state index contributed by atoms with van der Waals surface area (Å²) in [6.45, 7) is 0.687. The molecule has 0 spiro atoms. The topological polar surface area (TPSA) is 97.1 Å². The minimum absolute atomic E-state index is 0.0136. The van der Waals surface area contributed by atoms with Crippen molar-refractivity contribution >= 4 is 21.4 Å². The molecule has 0 aromatic carbocycles. The van der Waals surface area contributed by atoms with Gasteiger partial charge in [-0.05, 0) is 12.1 Å². The molecule has 2 rings (SSSR count). The summed E-state index contributed by atoms with van der Waals surface area (Å²) in [4.78, 5) is 0.846. The number of thiophene rings is 1. The third kappa shape index (κ3) is 3.83. The van der Waals surface area contributed by atoms with Gasteiger partial charge in [-0.2, -0.15) is 0 Å². The van der Waals surface area contributed by atoms with Crippen LogP contribution >= 0.6 is 11.3 Å². The molecule has 19 heavy (non-hydrogen) atoms. The van der Waals surface area contributed by atoms with Crippen molar-refractivity contribution in [2.24, 2.45) is 0 Å². The predicted octanol–water partition coefficient (Wildman–Crippen LogP) is -0.147. The maximum atomic E-state index is 12.0. The molecule has 7 nitrogen and oxygen atoms in total. The van der Waals surface area contributed by atoms with Crippen molar-refractivity contribution in [2.45, 2.75) is 17.2 Å². The Bertz CT molecular complexity index is 607. The van der Waals surface area contributed by atoms with Crippen LogP contribution in [0.5, 0.6) is 0 Å². The lowest BCUT2D eigenvalue weighted by molar-refractivity contribution is 0.300. The molecule has 0 saturated heterocycles. The molecule has 0 saturated carbocycles. The lowest BCUT2D eigenvalue weighted by Gasteiger charge is -2.04. The fourth-order valence-electron chi connectivity index (χ4n) is 1.46. The number of aliphatic hydroxyl groups excluding tert-OH is 1. The fourth-order valence-corrected chi connectivity index (χ4v) is 3.88. The smallest absolute Gasteiger partial charge is 0.250 e. The highest BCUT2D eigenvalue weighted by Crippen LogP contribution is 2.21. The summed E-state index contributed by atoms with van der Waals surface area (Å²) in [5.74, 6) is 0. The second-order valence-corrected chi connectivity index (χ2v) is 6.92. The third-order valence-electron chi connectivity index (χ3n) is 2.36. The van der Waals surface area contributed by atoms with E-state index >= 15 is 0 Å². The van der Waals surface area contributed by atoms with Gasteiger partial charge in [-0.3, -0.25) is 4.68 Å². The Morgan fingerprint density at radius 1 is 1.42 bits per heavy atom. The Kier molecular flexibility index (Phi) is 4.64. The molecule has 2 aromatic rings. The molecule has 0 aliphatic rings. The van der Waals surface area contributed by atoms with Gasteiger partial charge in [-0.1, -0.05) is 5.21 Å². The molecular formula is C10H14N4O3S2. The summed E-state index contributed by atoms with van der Waals surface area (Å²) < 4.78 is 28.2. The van der Waals surface area contributed by atoms with Gasteiger partial charge in [-0.15, -0.1) is 16.4 Å². The zero-order chi connectivity index (χ0) is 13.7. The van der Waals surface area contributed by atoms with Crippen molar-refractivity contribution in [3.05, 3.63) is 29.4 Å². The van der Waals surface area contributed by atoms with Crippen LogP contribution in [-0.4, -0.2) is 41.7 Å². The summed E-state index contributed by atoms with van der Waals surface area (Å²) in [6, 6.07) is 3.26. The van der Waals surface area contributed by atoms with Crippen LogP contribution in [0.1, 0.15) is 4.88 Å². The molecule has 0 atom stereocenters. The summed E-state index contributed by atoms with van der Waals surface area (Å²) in [5, 5.41) is 16.2. The van der Waals surface area contributed by atoms with Crippen molar-refractivity contribution in [2.75, 3.05) is 13.2 Å². The van der Waals surface area contributed by atoms with E-state index in [0.717, 1.165) is 4.88 Å². The van der Waals surface area contributed by atoms with Crippen LogP contribution in [0, 0.1) is 0 Å². The summed E-state index contributed by atoms with van der Waals surface area (Å²) in [5.41, 5.74) is 0. The van der Waals surface area contributed by atoms with Crippen molar-refractivity contribution in [3.63, 3.8) is 0 Å². The highest BCUT2D eigenvalue weighted by molar-refractivity contribution is 7.91. The van der Waals surface area contributed by atoms with Crippen LogP contribution in [0.3, 0.4) is 0 Å². The average Bonchev–Trinajstić information content (AvgIpc) is 3.00. The number of hydrogen-bond donors (Lipinski definition) is 2. The van der Waals surface area contributed by atoms with Crippen LogP contribution in [0.2, 0.25) is 0 Å². The van der Waals surface area contributed by atoms with Crippen LogP contribution in [0.4, 0.5) is 0 Å². The van der Waals surface area contributed by atoms with Gasteiger partial charge < -0.3 is 5.11 Å². The van der Waals surface area contributed by atoms with E-state index in [4.69, 9.17) is 5.11 Å². The molecule has 0 aliphatic heterocycles. The number of nitrogens with zero attached hydrogens (tertiary/aromatic N) is 3. The van der Waals surface area contributed by atoms with Crippen LogP contribution in [0.15, 0.2) is 28.7 Å². The van der Waals surface area contributed by atoms with Crippen molar-refractivity contribution < 1.29 is 13.5 Å². The first kappa shape index (κ1) is 14.1. The molecule has 0 fully saturated rings. The zero-order valence-electron chi connectivity index (χ0n) is 10.1. The molecule has 9 heteroatoms. The highest BCUT2D eigenvalue weighted by atomic mass is 32.2. The van der Waals surface area contributed by atoms with E-state index in [1.165, 1.54) is 17.5 Å². The van der Waals surface area contributed by atoms with Crippen LogP contribution in [-0.2, 0) is 23.0 Å². The third-order valence-corrected chi connectivity index (χ3v) is 5.46. The molecule has 0 radical (unpaired) electrons. The molecule has 2 N–H and O–H groups in total. The number of nitrogens with one attached hydrogen (secondary N) is 1. The van der Waals surface area contributed by atoms with Gasteiger partial charge in [0.15, 0.2) is 0 Å². The number of rotatable bonds is 7. The summed E-state index contributed by atoms with van der Waals surface area (Å²) >= 11 is 1.17. The monoisotopic (exact) mass is 302 g/mol. The maximum Gasteiger partial charge on any atom is 0.250 e. The Labute approximate surface area is 114 Å². The lowest BCUT2D eigenvalue weighted by atomic mass is 10.4. The molecular weight excluding hydrogens is 288 g/mol. The Hall–Kier alpha value is -1.29. The van der Waals surface area contributed by atoms with E-state index in [9.17, 15) is 8.42 Å². The van der Waals surface area contributed by atoms with E-state index in [-0.39, 0.29) is 17.4 Å². The predicted molar refractivity (Wildman–Crippen MR) is 70.3 cm³/mol. The Morgan fingerprint density at radius 3 is 2.95 bits per heavy atom. The highest BCUT2D eigenvalue weighted by Gasteiger charge is 2.16. The fraction of sp³-hybridized carbons (Fsp3) is 0.400. The second kappa shape index (κ2) is 6.24. The first-order chi connectivity index (χ1) is 9.12. The average molecular weight is 302 g/mol. The summed E-state index contributed by atoms with van der Waals surface area (Å²) in [7, 11) is -3.49. The van der Waals surface area contributed by atoms with Gasteiger partial charge in [0, 0.05) is 30.6 Å². The normalized spacial score (nSPS) is 11.8. The Morgan fingerprint density at radius 2 is 2.26 bits per heavy atom. The van der Waals surface area contributed by atoms with Gasteiger partial charge in [0.1, 0.15) is 4.21 Å². The zero-order valence-corrected chi connectivity index (χ0v) is 11.7. The second-order valence-electron chi connectivity index (χ2n) is 3.76. The molecule has 2 heterocycles. The van der Waals surface area contributed by atoms with Gasteiger partial charge in [0.2, 0.25) is 10.0 Å². The van der Waals surface area contributed by atoms with E-state index in [1.54, 1.807) is 23.0 Å². The van der Waals surface area contributed by atoms with Gasteiger partial charge >= 0.3 is 0 Å². The first-order valence-corrected chi connectivity index (χ1v) is 7.95. The lowest BCUT2D eigenvalue weighted by Crippen LogP contribution is -2.27. The number of hydrogen-bond acceptors (Lipinski definition) is 6. The standard InChI is InChI=1S/C10H14N4O3S2/c15-8-3-9-1-2-10(18-9)19(16,17)12-5-7-14-6-4-11-13-14/h1-2,4,6,12,15H,3,5,7-8H2. The summed E-state index contributed by atoms with van der Waals surface area (Å²) in [6.07, 6.45) is 3.67. The quantitative estimate of drug-likeness (QED) is 0.741. The first-order valence-electron chi connectivity index (χ1n) is 5.65. The molecule has 0 bridgehead atoms. The Balaban J connectivity index is 1.93. The van der Waals surface area contributed by atoms with E-state index in [0.29, 0.717) is 13.0 Å². The molecule has 104 valence electrons. The molecule has 0 aliphatic carbocycles. The maximum absolute atomic E-state index is 12.0. The van der Waals surface area contributed by atoms with Crippen LogP contribution < -0.4 is 4.72 Å². The molecule has 0 unspecified atom stereocenters. The van der Waals surface area contributed by atoms with Crippen molar-refractivity contribution in [3.8, 4) is 0 Å². The van der Waals surface area contributed by atoms with Crippen molar-refractivity contribution in [1.29, 1.82) is 0 Å². The van der Waals surface area contributed by atoms with E-state index in [1.807, 2.05) is 0 Å². The largest absolute Gasteiger partial charge is 0.396 e. The van der Waals surface area contributed by atoms with E-state index < -0.39 is 10.0 Å². The number of aliphatic hydroxyl groups is 1.